The molecule has 3 rings (SSSR count). The third-order valence-electron chi connectivity index (χ3n) is 5.35. The summed E-state index contributed by atoms with van der Waals surface area (Å²) in [6.07, 6.45) is 1.12. The maximum Gasteiger partial charge on any atom is 0.339 e. The summed E-state index contributed by atoms with van der Waals surface area (Å²) in [5.41, 5.74) is 4.20. The van der Waals surface area contributed by atoms with Crippen molar-refractivity contribution in [3.8, 4) is 16.9 Å². The number of aliphatic hydroxyl groups excluding tert-OH is 1. The van der Waals surface area contributed by atoms with Crippen LogP contribution < -0.4 is 10.1 Å². The van der Waals surface area contributed by atoms with Gasteiger partial charge in [0.15, 0.2) is 0 Å². The molecule has 32 heavy (non-hydrogen) atoms. The highest BCUT2D eigenvalue weighted by Crippen LogP contribution is 2.28. The van der Waals surface area contributed by atoms with Gasteiger partial charge in [0.2, 0.25) is 0 Å². The van der Waals surface area contributed by atoms with Crippen LogP contribution >= 0.6 is 0 Å². The van der Waals surface area contributed by atoms with Crippen molar-refractivity contribution in [2.45, 2.75) is 38.8 Å². The topological polar surface area (TPSA) is 78.8 Å². The van der Waals surface area contributed by atoms with Crippen molar-refractivity contribution in [2.24, 2.45) is 0 Å². The van der Waals surface area contributed by atoms with E-state index < -0.39 is 12.1 Å². The molecule has 0 saturated carbocycles. The van der Waals surface area contributed by atoms with Crippen LogP contribution in [0.3, 0.4) is 0 Å². The van der Waals surface area contributed by atoms with Gasteiger partial charge in [-0.25, -0.2) is 4.79 Å². The number of carboxylic acids is 1. The fourth-order valence-corrected chi connectivity index (χ4v) is 3.57. The first-order chi connectivity index (χ1) is 15.5. The van der Waals surface area contributed by atoms with Crippen LogP contribution in [0.15, 0.2) is 72.8 Å². The minimum Gasteiger partial charge on any atom is -0.493 e. The van der Waals surface area contributed by atoms with Gasteiger partial charge in [0.05, 0.1) is 12.7 Å². The molecule has 0 radical (unpaired) electrons. The maximum atomic E-state index is 11.5. The van der Waals surface area contributed by atoms with Gasteiger partial charge < -0.3 is 20.3 Å². The number of ether oxygens (including phenoxy) is 1. The molecular weight excluding hydrogens is 402 g/mol. The Morgan fingerprint density at radius 2 is 1.69 bits per heavy atom. The van der Waals surface area contributed by atoms with Gasteiger partial charge >= 0.3 is 5.97 Å². The van der Waals surface area contributed by atoms with Crippen LogP contribution in [-0.2, 0) is 6.42 Å². The third-order valence-corrected chi connectivity index (χ3v) is 5.35. The normalized spacial score (nSPS) is 12.8. The molecule has 0 spiro atoms. The quantitative estimate of drug-likeness (QED) is 0.392. The number of carboxylic acid groups (broad SMARTS) is 1. The zero-order chi connectivity index (χ0) is 22.9. The Morgan fingerprint density at radius 3 is 2.34 bits per heavy atom. The summed E-state index contributed by atoms with van der Waals surface area (Å²) in [7, 11) is 0. The predicted octanol–water partition coefficient (Wildman–Crippen LogP) is 5.09. The fourth-order valence-electron chi connectivity index (χ4n) is 3.57. The number of aromatic carboxylic acids is 1. The highest BCUT2D eigenvalue weighted by Gasteiger charge is 2.13. The number of hydrogen-bond acceptors (Lipinski definition) is 4. The molecule has 5 nitrogen and oxygen atoms in total. The fraction of sp³-hybridized carbons (Fsp3) is 0.296. The molecule has 0 heterocycles. The summed E-state index contributed by atoms with van der Waals surface area (Å²) in [5.74, 6) is -0.590. The lowest BCUT2D eigenvalue weighted by Gasteiger charge is -2.18. The highest BCUT2D eigenvalue weighted by atomic mass is 16.5. The van der Waals surface area contributed by atoms with Crippen molar-refractivity contribution in [1.29, 1.82) is 0 Å². The first-order valence-corrected chi connectivity index (χ1v) is 11.0. The molecule has 0 saturated heterocycles. The summed E-state index contributed by atoms with van der Waals surface area (Å²) in [6.45, 7) is 5.07. The number of aliphatic hydroxyl groups is 1. The van der Waals surface area contributed by atoms with Crippen LogP contribution in [-0.4, -0.2) is 35.4 Å². The number of nitrogens with one attached hydrogen (secondary N) is 1. The van der Waals surface area contributed by atoms with Crippen molar-refractivity contribution in [2.75, 3.05) is 13.2 Å². The molecule has 0 aliphatic heterocycles. The average molecular weight is 434 g/mol. The van der Waals surface area contributed by atoms with Gasteiger partial charge in [-0.05, 0) is 54.2 Å². The molecule has 0 aliphatic rings. The van der Waals surface area contributed by atoms with Gasteiger partial charge in [-0.3, -0.25) is 0 Å². The van der Waals surface area contributed by atoms with Crippen LogP contribution in [0.5, 0.6) is 5.75 Å². The van der Waals surface area contributed by atoms with Gasteiger partial charge in [0, 0.05) is 12.6 Å². The molecule has 3 aromatic rings. The molecule has 0 aliphatic carbocycles. The second-order valence-electron chi connectivity index (χ2n) is 8.00. The molecule has 0 aromatic heterocycles. The van der Waals surface area contributed by atoms with Gasteiger partial charge in [-0.2, -0.15) is 0 Å². The molecule has 2 atom stereocenters. The minimum absolute atomic E-state index is 0.177. The molecule has 5 heteroatoms. The van der Waals surface area contributed by atoms with E-state index in [1.54, 1.807) is 12.1 Å². The van der Waals surface area contributed by atoms with E-state index in [0.29, 0.717) is 18.9 Å². The molecule has 0 fully saturated rings. The maximum absolute atomic E-state index is 11.5. The lowest BCUT2D eigenvalue weighted by molar-refractivity contribution is 0.0692. The van der Waals surface area contributed by atoms with Crippen LogP contribution in [0.4, 0.5) is 0 Å². The van der Waals surface area contributed by atoms with Crippen molar-refractivity contribution in [3.63, 3.8) is 0 Å². The number of hydrogen-bond donors (Lipinski definition) is 3. The Bertz CT molecular complexity index is 1000. The molecule has 3 aromatic carbocycles. The average Bonchev–Trinajstić information content (AvgIpc) is 2.82. The summed E-state index contributed by atoms with van der Waals surface area (Å²) in [5, 5.41) is 23.1. The van der Waals surface area contributed by atoms with Gasteiger partial charge in [0.25, 0.3) is 0 Å². The van der Waals surface area contributed by atoms with Crippen LogP contribution in [0.25, 0.3) is 11.1 Å². The first-order valence-electron chi connectivity index (χ1n) is 11.0. The Hall–Kier alpha value is -3.15. The number of rotatable bonds is 11. The van der Waals surface area contributed by atoms with E-state index in [9.17, 15) is 15.0 Å². The molecule has 0 unspecified atom stereocenters. The van der Waals surface area contributed by atoms with E-state index in [1.807, 2.05) is 55.5 Å². The smallest absolute Gasteiger partial charge is 0.339 e. The van der Waals surface area contributed by atoms with E-state index >= 15 is 0 Å². The third kappa shape index (κ3) is 6.42. The zero-order valence-electron chi connectivity index (χ0n) is 18.6. The lowest BCUT2D eigenvalue weighted by atomic mass is 9.99. The summed E-state index contributed by atoms with van der Waals surface area (Å²) >= 11 is 0. The van der Waals surface area contributed by atoms with Crippen LogP contribution in [0.2, 0.25) is 0 Å². The van der Waals surface area contributed by atoms with E-state index in [0.717, 1.165) is 29.5 Å². The molecule has 168 valence electrons. The van der Waals surface area contributed by atoms with E-state index in [-0.39, 0.29) is 11.6 Å². The first kappa shape index (κ1) is 23.5. The molecule has 0 bridgehead atoms. The van der Waals surface area contributed by atoms with Crippen molar-refractivity contribution in [1.82, 2.24) is 5.32 Å². The molecule has 0 amide bonds. The van der Waals surface area contributed by atoms with E-state index in [1.165, 1.54) is 5.56 Å². The second-order valence-corrected chi connectivity index (χ2v) is 8.00. The lowest BCUT2D eigenvalue weighted by Crippen LogP contribution is -2.32. The largest absolute Gasteiger partial charge is 0.493 e. The second kappa shape index (κ2) is 11.5. The Morgan fingerprint density at radius 1 is 1.00 bits per heavy atom. The van der Waals surface area contributed by atoms with Crippen LogP contribution in [0, 0.1) is 0 Å². The molecule has 3 N–H and O–H groups in total. The highest BCUT2D eigenvalue weighted by molar-refractivity contribution is 5.92. The van der Waals surface area contributed by atoms with Crippen LogP contribution in [0.1, 0.15) is 47.9 Å². The Labute approximate surface area is 189 Å². The van der Waals surface area contributed by atoms with Gasteiger partial charge in [-0.15, -0.1) is 0 Å². The van der Waals surface area contributed by atoms with Gasteiger partial charge in [0.1, 0.15) is 11.3 Å². The standard InChI is InChI=1S/C27H31NO4/c1-3-15-32-26-17-23(13-14-24(26)27(30)31)21-11-9-20(10-12-21)16-19(2)28-18-25(29)22-7-5-4-6-8-22/h4-14,17,19,25,28-29H,3,15-16,18H2,1-2H3,(H,30,31)/t19-,25+/m1/s1. The summed E-state index contributed by atoms with van der Waals surface area (Å²) in [6, 6.07) is 23.3. The van der Waals surface area contributed by atoms with Crippen molar-refractivity contribution in [3.05, 3.63) is 89.5 Å². The van der Waals surface area contributed by atoms with Crippen molar-refractivity contribution >= 4 is 5.97 Å². The summed E-state index contributed by atoms with van der Waals surface area (Å²) in [4.78, 5) is 11.5. The van der Waals surface area contributed by atoms with E-state index in [2.05, 4.69) is 24.4 Å². The summed E-state index contributed by atoms with van der Waals surface area (Å²) < 4.78 is 5.65. The zero-order valence-corrected chi connectivity index (χ0v) is 18.6. The predicted molar refractivity (Wildman–Crippen MR) is 127 cm³/mol. The van der Waals surface area contributed by atoms with E-state index in [4.69, 9.17) is 4.74 Å². The SMILES string of the molecule is CCCOc1cc(-c2ccc(C[C@@H](C)NC[C@H](O)c3ccccc3)cc2)ccc1C(=O)O. The Balaban J connectivity index is 1.61. The van der Waals surface area contributed by atoms with Gasteiger partial charge in [-0.1, -0.05) is 67.6 Å². The Kier molecular flexibility index (Phi) is 8.42. The number of carbonyl (C=O) groups is 1. The number of benzene rings is 3. The minimum atomic E-state index is -0.989. The van der Waals surface area contributed by atoms with Crippen molar-refractivity contribution < 1.29 is 19.7 Å². The monoisotopic (exact) mass is 433 g/mol. The molecular formula is C27H31NO4.